The number of pyridine rings is 1. The lowest BCUT2D eigenvalue weighted by atomic mass is 9.96. The Morgan fingerprint density at radius 3 is 2.55 bits per heavy atom. The molecule has 5 aromatic rings. The number of carbonyl (C=O) groups is 1. The monoisotopic (exact) mass is 434 g/mol. The summed E-state index contributed by atoms with van der Waals surface area (Å²) in [5.74, 6) is 2.16. The van der Waals surface area contributed by atoms with E-state index in [2.05, 4.69) is 4.98 Å². The van der Waals surface area contributed by atoms with Gasteiger partial charge in [0.25, 0.3) is 0 Å². The van der Waals surface area contributed by atoms with Crippen molar-refractivity contribution >= 4 is 33.1 Å². The van der Waals surface area contributed by atoms with Crippen LogP contribution < -0.4 is 15.2 Å². The van der Waals surface area contributed by atoms with Crippen molar-refractivity contribution in [2.45, 2.75) is 6.42 Å². The van der Waals surface area contributed by atoms with E-state index in [9.17, 15) is 4.79 Å². The van der Waals surface area contributed by atoms with E-state index in [4.69, 9.17) is 15.2 Å². The van der Waals surface area contributed by atoms with E-state index in [0.29, 0.717) is 22.7 Å². The molecule has 0 atom stereocenters. The van der Waals surface area contributed by atoms with Crippen molar-refractivity contribution in [3.63, 3.8) is 0 Å². The van der Waals surface area contributed by atoms with E-state index < -0.39 is 0 Å². The van der Waals surface area contributed by atoms with Gasteiger partial charge in [-0.05, 0) is 58.8 Å². The highest BCUT2D eigenvalue weighted by molar-refractivity contribution is 6.09. The van der Waals surface area contributed by atoms with Crippen LogP contribution in [0.15, 0.2) is 91.1 Å². The van der Waals surface area contributed by atoms with Crippen LogP contribution in [0.2, 0.25) is 0 Å². The second kappa shape index (κ2) is 8.63. The number of carbonyl (C=O) groups excluding carboxylic acids is 1. The molecule has 0 saturated carbocycles. The molecule has 2 N–H and O–H groups in total. The number of anilines is 1. The zero-order valence-electron chi connectivity index (χ0n) is 18.1. The molecule has 1 heterocycles. The van der Waals surface area contributed by atoms with Crippen molar-refractivity contribution in [1.29, 1.82) is 0 Å². The molecule has 0 fully saturated rings. The predicted molar refractivity (Wildman–Crippen MR) is 131 cm³/mol. The fraction of sp³-hybridized carbons (Fsp3) is 0.0714. The summed E-state index contributed by atoms with van der Waals surface area (Å²) in [5, 5.41) is 2.70. The molecule has 1 aromatic heterocycles. The fourth-order valence-corrected chi connectivity index (χ4v) is 3.98. The molecule has 162 valence electrons. The second-order valence-corrected chi connectivity index (χ2v) is 7.78. The SMILES string of the molecule is COc1ccc2c(Oc3ccc4c(C(=O)Cc5ccccc5N)cccc4c3)ccnc2c1. The van der Waals surface area contributed by atoms with Crippen molar-refractivity contribution in [3.05, 3.63) is 102 Å². The lowest BCUT2D eigenvalue weighted by molar-refractivity contribution is 0.0994. The molecular formula is C28H22N2O3. The first kappa shape index (κ1) is 20.5. The third-order valence-electron chi connectivity index (χ3n) is 5.70. The summed E-state index contributed by atoms with van der Waals surface area (Å²) in [7, 11) is 1.63. The van der Waals surface area contributed by atoms with Crippen LogP contribution >= 0.6 is 0 Å². The molecule has 5 rings (SSSR count). The zero-order chi connectivity index (χ0) is 22.8. The highest BCUT2D eigenvalue weighted by Gasteiger charge is 2.13. The summed E-state index contributed by atoms with van der Waals surface area (Å²) in [6, 6.07) is 26.5. The number of nitrogens with zero attached hydrogens (tertiary/aromatic N) is 1. The average Bonchev–Trinajstić information content (AvgIpc) is 2.84. The molecule has 5 nitrogen and oxygen atoms in total. The maximum Gasteiger partial charge on any atom is 0.167 e. The fourth-order valence-electron chi connectivity index (χ4n) is 3.98. The maximum atomic E-state index is 13.1. The standard InChI is InChI=1S/C28H22N2O3/c1-32-20-9-12-24-26(17-20)30-14-13-28(24)33-21-10-11-22-18(15-21)6-4-7-23(22)27(31)16-19-5-2-3-8-25(19)29/h2-15,17H,16,29H2,1H3. The Hall–Kier alpha value is -4.38. The minimum absolute atomic E-state index is 0.0289. The minimum atomic E-state index is 0.0289. The lowest BCUT2D eigenvalue weighted by Crippen LogP contribution is -2.06. The number of benzene rings is 4. The highest BCUT2D eigenvalue weighted by atomic mass is 16.5. The second-order valence-electron chi connectivity index (χ2n) is 7.78. The zero-order valence-corrected chi connectivity index (χ0v) is 18.1. The van der Waals surface area contributed by atoms with Crippen LogP contribution in [0.5, 0.6) is 17.2 Å². The van der Waals surface area contributed by atoms with Crippen molar-refractivity contribution in [2.75, 3.05) is 12.8 Å². The van der Waals surface area contributed by atoms with Gasteiger partial charge in [-0.15, -0.1) is 0 Å². The molecule has 0 aliphatic carbocycles. The molecule has 0 unspecified atom stereocenters. The Labute approximate surface area is 191 Å². The van der Waals surface area contributed by atoms with E-state index in [1.165, 1.54) is 0 Å². The molecule has 33 heavy (non-hydrogen) atoms. The van der Waals surface area contributed by atoms with Crippen molar-refractivity contribution < 1.29 is 14.3 Å². The van der Waals surface area contributed by atoms with Gasteiger partial charge in [0, 0.05) is 35.3 Å². The van der Waals surface area contributed by atoms with Crippen molar-refractivity contribution in [3.8, 4) is 17.2 Å². The van der Waals surface area contributed by atoms with Gasteiger partial charge in [-0.25, -0.2) is 0 Å². The summed E-state index contributed by atoms with van der Waals surface area (Å²) in [6.45, 7) is 0. The summed E-state index contributed by atoms with van der Waals surface area (Å²) >= 11 is 0. The summed E-state index contributed by atoms with van der Waals surface area (Å²) in [6.07, 6.45) is 1.97. The summed E-state index contributed by atoms with van der Waals surface area (Å²) in [4.78, 5) is 17.5. The van der Waals surface area contributed by atoms with E-state index in [1.807, 2.05) is 84.9 Å². The highest BCUT2D eigenvalue weighted by Crippen LogP contribution is 2.33. The number of Topliss-reactive ketones (excluding diaryl/α,β-unsaturated/α-hetero) is 1. The third-order valence-corrected chi connectivity index (χ3v) is 5.70. The number of hydrogen-bond acceptors (Lipinski definition) is 5. The molecule has 0 amide bonds. The first-order valence-corrected chi connectivity index (χ1v) is 10.6. The Bertz CT molecular complexity index is 1490. The predicted octanol–water partition coefficient (Wildman–Crippen LogP) is 6.20. The van der Waals surface area contributed by atoms with Crippen molar-refractivity contribution in [2.24, 2.45) is 0 Å². The van der Waals surface area contributed by atoms with Gasteiger partial charge < -0.3 is 15.2 Å². The molecule has 0 saturated heterocycles. The number of aromatic nitrogens is 1. The molecule has 0 spiro atoms. The molecule has 0 radical (unpaired) electrons. The van der Waals surface area contributed by atoms with Crippen LogP contribution in [0, 0.1) is 0 Å². The van der Waals surface area contributed by atoms with Gasteiger partial charge in [0.15, 0.2) is 5.78 Å². The quantitative estimate of drug-likeness (QED) is 0.254. The van der Waals surface area contributed by atoms with E-state index >= 15 is 0 Å². The largest absolute Gasteiger partial charge is 0.497 e. The minimum Gasteiger partial charge on any atom is -0.497 e. The Kier molecular flexibility index (Phi) is 5.37. The number of nitrogens with two attached hydrogens (primary N) is 1. The molecule has 0 aliphatic rings. The van der Waals surface area contributed by atoms with Gasteiger partial charge in [-0.2, -0.15) is 0 Å². The lowest BCUT2D eigenvalue weighted by Gasteiger charge is -2.12. The molecular weight excluding hydrogens is 412 g/mol. The molecule has 5 heteroatoms. The van der Waals surface area contributed by atoms with Gasteiger partial charge in [0.2, 0.25) is 0 Å². The van der Waals surface area contributed by atoms with Crippen LogP contribution in [-0.4, -0.2) is 17.9 Å². The number of para-hydroxylation sites is 1. The number of rotatable bonds is 6. The van der Waals surface area contributed by atoms with E-state index in [0.717, 1.165) is 33.0 Å². The normalized spacial score (nSPS) is 10.9. The first-order valence-electron chi connectivity index (χ1n) is 10.6. The first-order chi connectivity index (χ1) is 16.1. The number of ketones is 1. The third kappa shape index (κ3) is 4.08. The number of ether oxygens (including phenoxy) is 2. The molecule has 0 aliphatic heterocycles. The summed E-state index contributed by atoms with van der Waals surface area (Å²) in [5.41, 5.74) is 8.95. The Morgan fingerprint density at radius 2 is 1.70 bits per heavy atom. The van der Waals surface area contributed by atoms with Crippen LogP contribution in [-0.2, 0) is 6.42 Å². The number of hydrogen-bond donors (Lipinski definition) is 1. The van der Waals surface area contributed by atoms with Crippen LogP contribution in [0.3, 0.4) is 0 Å². The van der Waals surface area contributed by atoms with Crippen LogP contribution in [0.4, 0.5) is 5.69 Å². The van der Waals surface area contributed by atoms with Crippen LogP contribution in [0.1, 0.15) is 15.9 Å². The van der Waals surface area contributed by atoms with E-state index in [1.54, 1.807) is 13.3 Å². The topological polar surface area (TPSA) is 74.4 Å². The van der Waals surface area contributed by atoms with Gasteiger partial charge in [0.05, 0.1) is 12.6 Å². The molecule has 4 aromatic carbocycles. The average molecular weight is 434 g/mol. The van der Waals surface area contributed by atoms with Gasteiger partial charge >= 0.3 is 0 Å². The number of fused-ring (bicyclic) bond motifs is 2. The maximum absolute atomic E-state index is 13.1. The smallest absolute Gasteiger partial charge is 0.167 e. The van der Waals surface area contributed by atoms with Gasteiger partial charge in [0.1, 0.15) is 17.2 Å². The number of nitrogen functional groups attached to an aromatic ring is 1. The molecule has 0 bridgehead atoms. The van der Waals surface area contributed by atoms with Crippen molar-refractivity contribution in [1.82, 2.24) is 4.98 Å². The Morgan fingerprint density at radius 1 is 0.879 bits per heavy atom. The van der Waals surface area contributed by atoms with Gasteiger partial charge in [-0.1, -0.05) is 36.4 Å². The Balaban J connectivity index is 1.46. The number of methoxy groups -OCH3 is 1. The van der Waals surface area contributed by atoms with E-state index in [-0.39, 0.29) is 12.2 Å². The van der Waals surface area contributed by atoms with Crippen LogP contribution in [0.25, 0.3) is 21.7 Å². The summed E-state index contributed by atoms with van der Waals surface area (Å²) < 4.78 is 11.5. The van der Waals surface area contributed by atoms with Gasteiger partial charge in [-0.3, -0.25) is 9.78 Å².